The summed E-state index contributed by atoms with van der Waals surface area (Å²) in [6, 6.07) is 0. The fourth-order valence-corrected chi connectivity index (χ4v) is 7.23. The van der Waals surface area contributed by atoms with Crippen molar-refractivity contribution in [2.24, 2.45) is 34.5 Å². The Bertz CT molecular complexity index is 534. The minimum atomic E-state index is -0.729. The summed E-state index contributed by atoms with van der Waals surface area (Å²) in [5.41, 5.74) is -0.515. The van der Waals surface area contributed by atoms with E-state index < -0.39 is 17.6 Å². The number of ether oxygens (including phenoxy) is 1. The monoisotopic (exact) mass is 336 g/mol. The maximum Gasteiger partial charge on any atom is 0.144 e. The number of carbonyl (C=O) groups excluding carboxylic acids is 1. The molecule has 4 nitrogen and oxygen atoms in total. The van der Waals surface area contributed by atoms with Gasteiger partial charge in [-0.3, -0.25) is 4.79 Å². The first-order chi connectivity index (χ1) is 11.3. The largest absolute Gasteiger partial charge is 0.392 e. The Morgan fingerprint density at radius 1 is 1.12 bits per heavy atom. The van der Waals surface area contributed by atoms with Gasteiger partial charge in [-0.2, -0.15) is 0 Å². The molecule has 0 aliphatic heterocycles. The number of ketones is 1. The van der Waals surface area contributed by atoms with E-state index in [2.05, 4.69) is 6.92 Å². The lowest BCUT2D eigenvalue weighted by Gasteiger charge is -2.61. The molecule has 4 rings (SSSR count). The first-order valence-electron chi connectivity index (χ1n) is 9.74. The number of hydrogen-bond acceptors (Lipinski definition) is 4. The molecule has 0 amide bonds. The Hall–Kier alpha value is -0.450. The molecule has 2 N–H and O–H groups in total. The number of rotatable bonds is 1. The highest BCUT2D eigenvalue weighted by molar-refractivity contribution is 5.88. The highest BCUT2D eigenvalue weighted by Gasteiger charge is 2.66. The van der Waals surface area contributed by atoms with E-state index in [4.69, 9.17) is 4.74 Å². The van der Waals surface area contributed by atoms with Crippen molar-refractivity contribution in [2.75, 3.05) is 7.11 Å². The van der Waals surface area contributed by atoms with E-state index in [9.17, 15) is 15.0 Å². The summed E-state index contributed by atoms with van der Waals surface area (Å²) in [6.45, 7) is 4.31. The van der Waals surface area contributed by atoms with Gasteiger partial charge < -0.3 is 14.9 Å². The van der Waals surface area contributed by atoms with Crippen LogP contribution in [0.1, 0.15) is 58.8 Å². The molecule has 0 aromatic carbocycles. The second-order valence-corrected chi connectivity index (χ2v) is 9.44. The fourth-order valence-electron chi connectivity index (χ4n) is 7.23. The van der Waals surface area contributed by atoms with Crippen LogP contribution in [-0.4, -0.2) is 41.4 Å². The van der Waals surface area contributed by atoms with Gasteiger partial charge in [-0.05, 0) is 68.6 Å². The van der Waals surface area contributed by atoms with Crippen LogP contribution >= 0.6 is 0 Å². The first-order valence-corrected chi connectivity index (χ1v) is 9.74. The topological polar surface area (TPSA) is 66.8 Å². The average Bonchev–Trinajstić information content (AvgIpc) is 2.79. The Balaban J connectivity index is 1.67. The van der Waals surface area contributed by atoms with E-state index in [0.29, 0.717) is 23.9 Å². The lowest BCUT2D eigenvalue weighted by Crippen LogP contribution is -2.59. The summed E-state index contributed by atoms with van der Waals surface area (Å²) in [6.07, 6.45) is 5.74. The van der Waals surface area contributed by atoms with Crippen molar-refractivity contribution in [3.63, 3.8) is 0 Å². The number of fused-ring (bicyclic) bond motifs is 5. The molecule has 0 saturated heterocycles. The van der Waals surface area contributed by atoms with Crippen LogP contribution in [0.15, 0.2) is 0 Å². The van der Waals surface area contributed by atoms with Gasteiger partial charge in [0.1, 0.15) is 5.78 Å². The van der Waals surface area contributed by atoms with Gasteiger partial charge in [0.15, 0.2) is 0 Å². The minimum absolute atomic E-state index is 0.0586. The summed E-state index contributed by atoms with van der Waals surface area (Å²) in [7, 11) is 1.81. The maximum atomic E-state index is 12.5. The fraction of sp³-hybridized carbons (Fsp3) is 0.950. The van der Waals surface area contributed by atoms with Crippen molar-refractivity contribution >= 4 is 5.78 Å². The number of Topliss-reactive ketones (excluding diaryl/α,β-unsaturated/α-hetero) is 1. The lowest BCUT2D eigenvalue weighted by molar-refractivity contribution is -0.179. The Kier molecular flexibility index (Phi) is 3.91. The molecular weight excluding hydrogens is 304 g/mol. The number of methoxy groups -OCH3 is 1. The number of carbonyl (C=O) groups is 1. The predicted octanol–water partition coefficient (Wildman–Crippen LogP) is 2.55. The highest BCUT2D eigenvalue weighted by Crippen LogP contribution is 2.65. The van der Waals surface area contributed by atoms with Crippen LogP contribution in [0.5, 0.6) is 0 Å². The van der Waals surface area contributed by atoms with Crippen molar-refractivity contribution in [2.45, 2.75) is 77.1 Å². The molecule has 9 atom stereocenters. The van der Waals surface area contributed by atoms with Crippen LogP contribution in [0.25, 0.3) is 0 Å². The van der Waals surface area contributed by atoms with Crippen molar-refractivity contribution in [3.8, 4) is 0 Å². The van der Waals surface area contributed by atoms with Gasteiger partial charge in [0.25, 0.3) is 0 Å². The molecule has 0 bridgehead atoms. The van der Waals surface area contributed by atoms with Crippen molar-refractivity contribution in [1.29, 1.82) is 0 Å². The molecule has 4 saturated carbocycles. The minimum Gasteiger partial charge on any atom is -0.392 e. The smallest absolute Gasteiger partial charge is 0.144 e. The van der Waals surface area contributed by atoms with Crippen LogP contribution in [0.3, 0.4) is 0 Å². The second-order valence-electron chi connectivity index (χ2n) is 9.44. The molecule has 4 heteroatoms. The quantitative estimate of drug-likeness (QED) is 0.772. The van der Waals surface area contributed by atoms with Crippen LogP contribution in [0.2, 0.25) is 0 Å². The molecule has 0 unspecified atom stereocenters. The number of aliphatic hydroxyl groups excluding tert-OH is 2. The Labute approximate surface area is 145 Å². The van der Waals surface area contributed by atoms with E-state index in [1.807, 2.05) is 14.0 Å². The molecule has 0 aromatic rings. The number of hydrogen-bond donors (Lipinski definition) is 2. The standard InChI is InChI=1S/C20H32O4/c1-19-7-6-12(24-3)8-11(19)4-5-13-14(19)9-16(22)20(2)17(23)10-15(21)18(13)20/h11-16,18,21-22H,4-10H2,1-3H3/t11-,12+,13+,14+,15-,16-,18-,19-,20+/m0/s1. The summed E-state index contributed by atoms with van der Waals surface area (Å²) in [4.78, 5) is 12.5. The third-order valence-corrected chi connectivity index (χ3v) is 8.76. The van der Waals surface area contributed by atoms with Crippen molar-refractivity contribution in [1.82, 2.24) is 0 Å². The molecule has 0 heterocycles. The molecule has 4 aliphatic rings. The van der Waals surface area contributed by atoms with Gasteiger partial charge in [-0.15, -0.1) is 0 Å². The summed E-state index contributed by atoms with van der Waals surface area (Å²) < 4.78 is 5.62. The van der Waals surface area contributed by atoms with E-state index in [-0.39, 0.29) is 23.5 Å². The van der Waals surface area contributed by atoms with Crippen LogP contribution in [0, 0.1) is 34.5 Å². The molecule has 136 valence electrons. The SMILES string of the molecule is CO[C@@H]1CC[C@@]2(C)[C@@H](CC[C@H]3[C@H]4[C@@H](O)CC(=O)[C@@]4(C)[C@@H](O)C[C@H]32)C1. The highest BCUT2D eigenvalue weighted by atomic mass is 16.5. The number of aliphatic hydroxyl groups is 2. The van der Waals surface area contributed by atoms with Crippen LogP contribution < -0.4 is 0 Å². The molecular formula is C20H32O4. The molecule has 0 radical (unpaired) electrons. The Morgan fingerprint density at radius 2 is 1.88 bits per heavy atom. The van der Waals surface area contributed by atoms with Crippen LogP contribution in [0.4, 0.5) is 0 Å². The molecule has 24 heavy (non-hydrogen) atoms. The van der Waals surface area contributed by atoms with Gasteiger partial charge in [0.2, 0.25) is 0 Å². The van der Waals surface area contributed by atoms with E-state index in [0.717, 1.165) is 32.1 Å². The van der Waals surface area contributed by atoms with Crippen molar-refractivity contribution in [3.05, 3.63) is 0 Å². The zero-order valence-electron chi connectivity index (χ0n) is 15.2. The molecule has 4 aliphatic carbocycles. The van der Waals surface area contributed by atoms with E-state index in [1.165, 1.54) is 6.42 Å². The average molecular weight is 336 g/mol. The zero-order chi connectivity index (χ0) is 17.3. The second kappa shape index (κ2) is 5.52. The summed E-state index contributed by atoms with van der Waals surface area (Å²) >= 11 is 0. The van der Waals surface area contributed by atoms with Gasteiger partial charge in [-0.1, -0.05) is 6.92 Å². The first kappa shape index (κ1) is 17.0. The van der Waals surface area contributed by atoms with E-state index in [1.54, 1.807) is 0 Å². The van der Waals surface area contributed by atoms with Crippen LogP contribution in [-0.2, 0) is 9.53 Å². The third-order valence-electron chi connectivity index (χ3n) is 8.76. The predicted molar refractivity (Wildman–Crippen MR) is 90.3 cm³/mol. The van der Waals surface area contributed by atoms with E-state index >= 15 is 0 Å². The van der Waals surface area contributed by atoms with Gasteiger partial charge in [0, 0.05) is 19.4 Å². The molecule has 0 aromatic heterocycles. The molecule has 0 spiro atoms. The summed E-state index contributed by atoms with van der Waals surface area (Å²) in [5.74, 6) is 1.45. The normalized spacial score (nSPS) is 57.2. The van der Waals surface area contributed by atoms with Gasteiger partial charge in [-0.25, -0.2) is 0 Å². The van der Waals surface area contributed by atoms with Gasteiger partial charge >= 0.3 is 0 Å². The summed E-state index contributed by atoms with van der Waals surface area (Å²) in [5, 5.41) is 21.5. The third kappa shape index (κ3) is 2.05. The zero-order valence-corrected chi connectivity index (χ0v) is 15.2. The maximum absolute atomic E-state index is 12.5. The lowest BCUT2D eigenvalue weighted by atomic mass is 9.44. The molecule has 4 fully saturated rings. The van der Waals surface area contributed by atoms with Gasteiger partial charge in [0.05, 0.1) is 23.7 Å². The van der Waals surface area contributed by atoms with Crippen molar-refractivity contribution < 1.29 is 19.7 Å². The Morgan fingerprint density at radius 3 is 2.58 bits per heavy atom.